The highest BCUT2D eigenvalue weighted by molar-refractivity contribution is 6.42. The van der Waals surface area contributed by atoms with Crippen molar-refractivity contribution < 1.29 is 0 Å². The first-order valence-electron chi connectivity index (χ1n) is 7.13. The van der Waals surface area contributed by atoms with Gasteiger partial charge in [0, 0.05) is 24.1 Å². The molecule has 0 spiro atoms. The van der Waals surface area contributed by atoms with Crippen LogP contribution in [0.1, 0.15) is 31.7 Å². The Morgan fingerprint density at radius 2 is 1.86 bits per heavy atom. The van der Waals surface area contributed by atoms with Gasteiger partial charge in [0.1, 0.15) is 11.6 Å². The average Bonchev–Trinajstić information content (AvgIpc) is 2.46. The van der Waals surface area contributed by atoms with Crippen LogP contribution in [-0.4, -0.2) is 16.5 Å². The molecule has 1 aromatic carbocycles. The van der Waals surface area contributed by atoms with E-state index in [-0.39, 0.29) is 0 Å². The molecule has 0 aliphatic carbocycles. The number of nitrogens with one attached hydrogen (secondary N) is 1. The van der Waals surface area contributed by atoms with E-state index in [1.807, 2.05) is 19.1 Å². The molecule has 1 heterocycles. The Morgan fingerprint density at radius 1 is 1.10 bits per heavy atom. The van der Waals surface area contributed by atoms with Crippen molar-refractivity contribution in [1.82, 2.24) is 9.97 Å². The Balaban J connectivity index is 2.56. The minimum absolute atomic E-state index is 0.536. The summed E-state index contributed by atoms with van der Waals surface area (Å²) in [7, 11) is 0. The molecule has 0 saturated carbocycles. The maximum Gasteiger partial charge on any atom is 0.133 e. The molecule has 0 atom stereocenters. The van der Waals surface area contributed by atoms with Crippen molar-refractivity contribution in [3.63, 3.8) is 0 Å². The lowest BCUT2D eigenvalue weighted by Gasteiger charge is -2.13. The summed E-state index contributed by atoms with van der Waals surface area (Å²) >= 11 is 12.1. The quantitative estimate of drug-likeness (QED) is 0.827. The highest BCUT2D eigenvalue weighted by Gasteiger charge is 2.13. The Labute approximate surface area is 135 Å². The molecule has 0 amide bonds. The molecule has 0 saturated heterocycles. The van der Waals surface area contributed by atoms with Crippen LogP contribution in [0.4, 0.5) is 5.82 Å². The number of nitrogens with zero attached hydrogens (tertiary/aromatic N) is 2. The van der Waals surface area contributed by atoms with E-state index in [1.165, 1.54) is 0 Å². The number of hydrogen-bond donors (Lipinski definition) is 1. The lowest BCUT2D eigenvalue weighted by atomic mass is 10.1. The first-order chi connectivity index (χ1) is 10.1. The summed E-state index contributed by atoms with van der Waals surface area (Å²) in [5.41, 5.74) is 2.89. The minimum Gasteiger partial charge on any atom is -0.370 e. The van der Waals surface area contributed by atoms with E-state index in [0.29, 0.717) is 10.0 Å². The fourth-order valence-corrected chi connectivity index (χ4v) is 2.46. The molecule has 5 heteroatoms. The molecular weight excluding hydrogens is 305 g/mol. The van der Waals surface area contributed by atoms with Crippen molar-refractivity contribution in [1.29, 1.82) is 0 Å². The van der Waals surface area contributed by atoms with Gasteiger partial charge in [-0.05, 0) is 32.4 Å². The first kappa shape index (κ1) is 16.1. The second-order valence-electron chi connectivity index (χ2n) is 4.87. The van der Waals surface area contributed by atoms with E-state index in [0.717, 1.165) is 47.8 Å². The zero-order valence-corrected chi connectivity index (χ0v) is 14.0. The summed E-state index contributed by atoms with van der Waals surface area (Å²) in [5, 5.41) is 4.39. The fraction of sp³-hybridized carbons (Fsp3) is 0.375. The first-order valence-corrected chi connectivity index (χ1v) is 7.89. The second kappa shape index (κ2) is 7.10. The van der Waals surface area contributed by atoms with Crippen molar-refractivity contribution in [3.05, 3.63) is 39.6 Å². The largest absolute Gasteiger partial charge is 0.370 e. The monoisotopic (exact) mass is 323 g/mol. The summed E-state index contributed by atoms with van der Waals surface area (Å²) < 4.78 is 0. The molecule has 0 radical (unpaired) electrons. The normalized spacial score (nSPS) is 10.7. The zero-order chi connectivity index (χ0) is 15.4. The molecule has 3 nitrogen and oxygen atoms in total. The van der Waals surface area contributed by atoms with Crippen molar-refractivity contribution >= 4 is 29.0 Å². The van der Waals surface area contributed by atoms with Crippen molar-refractivity contribution in [2.45, 2.75) is 33.6 Å². The van der Waals surface area contributed by atoms with Gasteiger partial charge in [-0.2, -0.15) is 0 Å². The van der Waals surface area contributed by atoms with Crippen molar-refractivity contribution in [2.75, 3.05) is 11.9 Å². The molecule has 1 N–H and O–H groups in total. The lowest BCUT2D eigenvalue weighted by molar-refractivity contribution is 0.833. The van der Waals surface area contributed by atoms with E-state index in [9.17, 15) is 0 Å². The Morgan fingerprint density at radius 3 is 2.48 bits per heavy atom. The Kier molecular flexibility index (Phi) is 5.43. The van der Waals surface area contributed by atoms with Gasteiger partial charge in [0.2, 0.25) is 0 Å². The molecule has 0 aliphatic heterocycles. The Bertz CT molecular complexity index is 642. The maximum absolute atomic E-state index is 6.13. The molecule has 2 rings (SSSR count). The number of aromatic nitrogens is 2. The minimum atomic E-state index is 0.536. The van der Waals surface area contributed by atoms with Crippen LogP contribution in [0.3, 0.4) is 0 Å². The molecule has 0 aliphatic rings. The van der Waals surface area contributed by atoms with Gasteiger partial charge in [-0.1, -0.05) is 36.2 Å². The predicted octanol–water partition coefficient (Wildman–Crippen LogP) is 5.14. The van der Waals surface area contributed by atoms with Gasteiger partial charge in [0.25, 0.3) is 0 Å². The summed E-state index contributed by atoms with van der Waals surface area (Å²) in [5.74, 6) is 1.73. The molecule has 112 valence electrons. The molecule has 1 aromatic heterocycles. The van der Waals surface area contributed by atoms with Crippen molar-refractivity contribution in [2.24, 2.45) is 0 Å². The standard InChI is InChI=1S/C16H19Cl2N3/c1-4-6-14-20-15(10(3)16(21-14)19-5-2)11-7-8-12(17)13(18)9-11/h7-9H,4-6H2,1-3H3,(H,19,20,21). The predicted molar refractivity (Wildman–Crippen MR) is 90.4 cm³/mol. The molecule has 21 heavy (non-hydrogen) atoms. The van der Waals surface area contributed by atoms with Crippen LogP contribution in [0.15, 0.2) is 18.2 Å². The smallest absolute Gasteiger partial charge is 0.133 e. The molecular formula is C16H19Cl2N3. The van der Waals surface area contributed by atoms with E-state index < -0.39 is 0 Å². The average molecular weight is 324 g/mol. The van der Waals surface area contributed by atoms with Crippen LogP contribution in [0.5, 0.6) is 0 Å². The SMILES string of the molecule is CCCc1nc(NCC)c(C)c(-c2ccc(Cl)c(Cl)c2)n1. The molecule has 0 bridgehead atoms. The van der Waals surface area contributed by atoms with E-state index in [1.54, 1.807) is 6.07 Å². The van der Waals surface area contributed by atoms with Crippen LogP contribution in [0.25, 0.3) is 11.3 Å². The Hall–Kier alpha value is -1.32. The molecule has 0 unspecified atom stereocenters. The summed E-state index contributed by atoms with van der Waals surface area (Å²) in [4.78, 5) is 9.29. The third-order valence-electron chi connectivity index (χ3n) is 3.20. The van der Waals surface area contributed by atoms with E-state index in [4.69, 9.17) is 28.2 Å². The third kappa shape index (κ3) is 3.66. The van der Waals surface area contributed by atoms with Gasteiger partial charge in [0.15, 0.2) is 0 Å². The van der Waals surface area contributed by atoms with Crippen LogP contribution in [-0.2, 0) is 6.42 Å². The zero-order valence-electron chi connectivity index (χ0n) is 12.5. The van der Waals surface area contributed by atoms with Gasteiger partial charge < -0.3 is 5.32 Å². The lowest BCUT2D eigenvalue weighted by Crippen LogP contribution is -2.08. The number of aryl methyl sites for hydroxylation is 1. The van der Waals surface area contributed by atoms with E-state index >= 15 is 0 Å². The maximum atomic E-state index is 6.13. The van der Waals surface area contributed by atoms with E-state index in [2.05, 4.69) is 24.1 Å². The third-order valence-corrected chi connectivity index (χ3v) is 3.94. The number of halogens is 2. The van der Waals surface area contributed by atoms with Crippen LogP contribution in [0, 0.1) is 6.92 Å². The summed E-state index contributed by atoms with van der Waals surface area (Å²) in [6.07, 6.45) is 1.86. The summed E-state index contributed by atoms with van der Waals surface area (Å²) in [6.45, 7) is 7.02. The number of benzene rings is 1. The van der Waals surface area contributed by atoms with Crippen molar-refractivity contribution in [3.8, 4) is 11.3 Å². The van der Waals surface area contributed by atoms with Crippen LogP contribution in [0.2, 0.25) is 10.0 Å². The fourth-order valence-electron chi connectivity index (χ4n) is 2.16. The van der Waals surface area contributed by atoms with Gasteiger partial charge in [-0.25, -0.2) is 9.97 Å². The highest BCUT2D eigenvalue weighted by Crippen LogP contribution is 2.31. The number of anilines is 1. The van der Waals surface area contributed by atoms with Gasteiger partial charge in [0.05, 0.1) is 15.7 Å². The second-order valence-corrected chi connectivity index (χ2v) is 5.69. The molecule has 0 fully saturated rings. The summed E-state index contributed by atoms with van der Waals surface area (Å²) in [6, 6.07) is 5.59. The van der Waals surface area contributed by atoms with Gasteiger partial charge in [-0.3, -0.25) is 0 Å². The molecule has 2 aromatic rings. The topological polar surface area (TPSA) is 37.8 Å². The van der Waals surface area contributed by atoms with Gasteiger partial charge in [-0.15, -0.1) is 0 Å². The number of hydrogen-bond acceptors (Lipinski definition) is 3. The van der Waals surface area contributed by atoms with Gasteiger partial charge >= 0.3 is 0 Å². The van der Waals surface area contributed by atoms with Crippen LogP contribution >= 0.6 is 23.2 Å². The highest BCUT2D eigenvalue weighted by atomic mass is 35.5. The number of rotatable bonds is 5. The van der Waals surface area contributed by atoms with Crippen LogP contribution < -0.4 is 5.32 Å².